The van der Waals surface area contributed by atoms with E-state index in [0.29, 0.717) is 41.5 Å². The highest BCUT2D eigenvalue weighted by Gasteiger charge is 2.37. The number of hydrogen-bond acceptors (Lipinski definition) is 5. The third-order valence-corrected chi connectivity index (χ3v) is 7.09. The predicted octanol–water partition coefficient (Wildman–Crippen LogP) is 3.43. The Kier molecular flexibility index (Phi) is 5.30. The van der Waals surface area contributed by atoms with E-state index in [2.05, 4.69) is 5.32 Å². The van der Waals surface area contributed by atoms with Crippen molar-refractivity contribution in [3.05, 3.63) is 80.4 Å². The van der Waals surface area contributed by atoms with Gasteiger partial charge in [0, 0.05) is 36.8 Å². The second-order valence-electron chi connectivity index (χ2n) is 8.26. The number of carbonyl (C=O) groups is 2. The smallest absolute Gasteiger partial charge is 0.274 e. The van der Waals surface area contributed by atoms with Crippen molar-refractivity contribution >= 4 is 28.8 Å². The lowest BCUT2D eigenvalue weighted by atomic mass is 9.83. The molecule has 4 heterocycles. The lowest BCUT2D eigenvalue weighted by Gasteiger charge is -2.43. The summed E-state index contributed by atoms with van der Waals surface area (Å²) in [4.78, 5) is 41.0. The van der Waals surface area contributed by atoms with Crippen molar-refractivity contribution in [1.29, 1.82) is 0 Å². The summed E-state index contributed by atoms with van der Waals surface area (Å²) in [6, 6.07) is 14.3. The first-order valence-electron chi connectivity index (χ1n) is 10.6. The van der Waals surface area contributed by atoms with Gasteiger partial charge in [0.1, 0.15) is 11.4 Å². The van der Waals surface area contributed by atoms with Crippen LogP contribution in [0.5, 0.6) is 5.75 Å². The largest absolute Gasteiger partial charge is 0.497 e. The number of piperidine rings is 1. The molecule has 2 aromatic heterocycles. The summed E-state index contributed by atoms with van der Waals surface area (Å²) in [5, 5.41) is 4.58. The maximum Gasteiger partial charge on any atom is 0.274 e. The Hall–Kier alpha value is -3.39. The first kappa shape index (κ1) is 20.5. The molecule has 164 valence electrons. The maximum absolute atomic E-state index is 13.1. The Labute approximate surface area is 189 Å². The fourth-order valence-corrected chi connectivity index (χ4v) is 5.33. The van der Waals surface area contributed by atoms with E-state index in [1.165, 1.54) is 11.3 Å². The molecule has 8 heteroatoms. The van der Waals surface area contributed by atoms with Crippen LogP contribution in [-0.2, 0) is 6.54 Å². The molecular formula is C24H23N3O4S. The Morgan fingerprint density at radius 2 is 1.88 bits per heavy atom. The van der Waals surface area contributed by atoms with Crippen LogP contribution in [0, 0.1) is 5.92 Å². The lowest BCUT2D eigenvalue weighted by Crippen LogP contribution is -2.49. The highest BCUT2D eigenvalue weighted by Crippen LogP contribution is 2.36. The number of thiophene rings is 1. The summed E-state index contributed by atoms with van der Waals surface area (Å²) < 4.78 is 6.95. The average molecular weight is 450 g/mol. The molecule has 3 aromatic rings. The van der Waals surface area contributed by atoms with Gasteiger partial charge in [-0.3, -0.25) is 14.4 Å². The molecule has 2 aliphatic rings. The number of hydrogen-bond donors (Lipinski definition) is 1. The molecule has 0 radical (unpaired) electrons. The minimum absolute atomic E-state index is 0.00187. The highest BCUT2D eigenvalue weighted by atomic mass is 32.1. The van der Waals surface area contributed by atoms with Gasteiger partial charge in [-0.05, 0) is 60.2 Å². The van der Waals surface area contributed by atoms with Crippen LogP contribution < -0.4 is 15.6 Å². The number of amides is 2. The maximum atomic E-state index is 13.1. The van der Waals surface area contributed by atoms with Crippen LogP contribution in [0.25, 0.3) is 0 Å². The predicted molar refractivity (Wildman–Crippen MR) is 123 cm³/mol. The van der Waals surface area contributed by atoms with Gasteiger partial charge < -0.3 is 19.5 Å². The lowest BCUT2D eigenvalue weighted by molar-refractivity contribution is 0.0594. The summed E-state index contributed by atoms with van der Waals surface area (Å²) in [5.41, 5.74) is 1.66. The zero-order valence-electron chi connectivity index (χ0n) is 17.6. The molecule has 32 heavy (non-hydrogen) atoms. The van der Waals surface area contributed by atoms with E-state index < -0.39 is 0 Å². The number of fused-ring (bicyclic) bond motifs is 4. The van der Waals surface area contributed by atoms with Crippen molar-refractivity contribution in [1.82, 2.24) is 9.47 Å². The van der Waals surface area contributed by atoms with E-state index in [4.69, 9.17) is 4.74 Å². The highest BCUT2D eigenvalue weighted by molar-refractivity contribution is 7.12. The van der Waals surface area contributed by atoms with Crippen LogP contribution in [0.15, 0.2) is 58.7 Å². The van der Waals surface area contributed by atoms with Crippen LogP contribution in [-0.4, -0.2) is 41.5 Å². The summed E-state index contributed by atoms with van der Waals surface area (Å²) in [5.74, 6) is 0.735. The second kappa shape index (κ2) is 8.27. The number of ether oxygens (including phenoxy) is 1. The molecule has 2 bridgehead atoms. The van der Waals surface area contributed by atoms with Gasteiger partial charge in [-0.2, -0.15) is 0 Å². The van der Waals surface area contributed by atoms with E-state index in [9.17, 15) is 14.4 Å². The minimum Gasteiger partial charge on any atom is -0.497 e. The van der Waals surface area contributed by atoms with Gasteiger partial charge in [0.25, 0.3) is 17.4 Å². The number of nitrogens with zero attached hydrogens (tertiary/aromatic N) is 2. The molecule has 1 saturated heterocycles. The third kappa shape index (κ3) is 3.71. The summed E-state index contributed by atoms with van der Waals surface area (Å²) in [7, 11) is 1.60. The number of rotatable bonds is 4. The van der Waals surface area contributed by atoms with E-state index in [1.807, 2.05) is 16.3 Å². The molecule has 5 rings (SSSR count). The fourth-order valence-electron chi connectivity index (χ4n) is 4.71. The first-order valence-corrected chi connectivity index (χ1v) is 11.4. The van der Waals surface area contributed by atoms with Crippen LogP contribution in [0.3, 0.4) is 0 Å². The number of nitrogens with one attached hydrogen (secondary N) is 1. The summed E-state index contributed by atoms with van der Waals surface area (Å²) in [6.45, 7) is 1.72. The summed E-state index contributed by atoms with van der Waals surface area (Å²) in [6.07, 6.45) is 0.951. The number of carbonyl (C=O) groups excluding carboxylic acids is 2. The molecule has 1 N–H and O–H groups in total. The van der Waals surface area contributed by atoms with Crippen LogP contribution in [0.2, 0.25) is 0 Å². The third-order valence-electron chi connectivity index (χ3n) is 6.22. The molecule has 2 aliphatic heterocycles. The molecule has 0 saturated carbocycles. The molecule has 2 atom stereocenters. The Morgan fingerprint density at radius 3 is 2.59 bits per heavy atom. The standard InChI is InChI=1S/C24H23N3O4S/c1-31-18-6-4-16(5-7-18)23(29)26-12-15-11-17(14-26)20-9-8-19(24(30)27(20)13-15)25-22(28)21-3-2-10-32-21/h2-10,15,17H,11-14H2,1H3,(H,25,28)/t15-,17+/m0/s1. The van der Waals surface area contributed by atoms with Crippen LogP contribution in [0.4, 0.5) is 5.69 Å². The van der Waals surface area contributed by atoms with E-state index in [-0.39, 0.29) is 29.2 Å². The number of aromatic nitrogens is 1. The van der Waals surface area contributed by atoms with Crippen molar-refractivity contribution in [2.24, 2.45) is 5.92 Å². The number of pyridine rings is 1. The zero-order valence-corrected chi connectivity index (χ0v) is 18.4. The van der Waals surface area contributed by atoms with Gasteiger partial charge >= 0.3 is 0 Å². The van der Waals surface area contributed by atoms with E-state index >= 15 is 0 Å². The normalized spacial score (nSPS) is 19.2. The van der Waals surface area contributed by atoms with E-state index in [0.717, 1.165) is 12.1 Å². The van der Waals surface area contributed by atoms with Crippen molar-refractivity contribution in [2.45, 2.75) is 18.9 Å². The van der Waals surface area contributed by atoms with Crippen molar-refractivity contribution in [3.8, 4) is 5.75 Å². The number of methoxy groups -OCH3 is 1. The van der Waals surface area contributed by atoms with Crippen molar-refractivity contribution in [2.75, 3.05) is 25.5 Å². The number of benzene rings is 1. The molecule has 1 aromatic carbocycles. The van der Waals surface area contributed by atoms with Crippen LogP contribution >= 0.6 is 11.3 Å². The van der Waals surface area contributed by atoms with Gasteiger partial charge in [-0.25, -0.2) is 0 Å². The minimum atomic E-state index is -0.273. The Morgan fingerprint density at radius 1 is 1.06 bits per heavy atom. The van der Waals surface area contributed by atoms with Gasteiger partial charge in [0.2, 0.25) is 0 Å². The fraction of sp³-hybridized carbons (Fsp3) is 0.292. The van der Waals surface area contributed by atoms with Crippen molar-refractivity contribution < 1.29 is 14.3 Å². The molecule has 2 amide bonds. The van der Waals surface area contributed by atoms with E-state index in [1.54, 1.807) is 54.1 Å². The monoisotopic (exact) mass is 449 g/mol. The number of anilines is 1. The molecule has 0 spiro atoms. The van der Waals surface area contributed by atoms with Gasteiger partial charge in [0.15, 0.2) is 0 Å². The Bertz CT molecular complexity index is 1220. The quantitative estimate of drug-likeness (QED) is 0.662. The molecule has 0 aliphatic carbocycles. The average Bonchev–Trinajstić information content (AvgIpc) is 3.36. The molecule has 1 fully saturated rings. The Balaban J connectivity index is 1.36. The van der Waals surface area contributed by atoms with Gasteiger partial charge in [0.05, 0.1) is 12.0 Å². The van der Waals surface area contributed by atoms with Gasteiger partial charge in [-0.1, -0.05) is 6.07 Å². The van der Waals surface area contributed by atoms with Gasteiger partial charge in [-0.15, -0.1) is 11.3 Å². The molecule has 7 nitrogen and oxygen atoms in total. The summed E-state index contributed by atoms with van der Waals surface area (Å²) >= 11 is 1.34. The SMILES string of the molecule is COc1ccc(C(=O)N2C[C@@H]3C[C@H](C2)c2ccc(NC(=O)c4cccs4)c(=O)n2C3)cc1. The zero-order chi connectivity index (χ0) is 22.2. The number of likely N-dealkylation sites (tertiary alicyclic amines) is 1. The van der Waals surface area contributed by atoms with Crippen LogP contribution in [0.1, 0.15) is 38.1 Å². The topological polar surface area (TPSA) is 80.6 Å². The van der Waals surface area contributed by atoms with Crippen molar-refractivity contribution in [3.63, 3.8) is 0 Å². The second-order valence-corrected chi connectivity index (χ2v) is 9.20. The first-order chi connectivity index (χ1) is 15.5. The molecule has 0 unspecified atom stereocenters. The molecular weight excluding hydrogens is 426 g/mol.